The highest BCUT2D eigenvalue weighted by molar-refractivity contribution is 5.00. The van der Waals surface area contributed by atoms with Gasteiger partial charge in [-0.05, 0) is 50.3 Å². The molecule has 0 amide bonds. The number of nitrogens with one attached hydrogen (secondary N) is 1. The van der Waals surface area contributed by atoms with Crippen LogP contribution in [0.15, 0.2) is 12.2 Å². The molecule has 0 radical (unpaired) electrons. The molecule has 1 fully saturated rings. The van der Waals surface area contributed by atoms with Gasteiger partial charge in [0, 0.05) is 19.1 Å². The molecule has 0 aromatic carbocycles. The molecule has 0 aromatic rings. The zero-order valence-electron chi connectivity index (χ0n) is 12.2. The molecule has 0 saturated heterocycles. The molecule has 0 bridgehead atoms. The first-order valence-corrected chi connectivity index (χ1v) is 7.02. The van der Waals surface area contributed by atoms with Gasteiger partial charge < -0.3 is 5.32 Å². The molecule has 1 N–H and O–H groups in total. The van der Waals surface area contributed by atoms with E-state index < -0.39 is 0 Å². The molecule has 0 unspecified atom stereocenters. The third-order valence-corrected chi connectivity index (χ3v) is 4.03. The molecule has 0 aromatic heterocycles. The second kappa shape index (κ2) is 6.55. The summed E-state index contributed by atoms with van der Waals surface area (Å²) >= 11 is 0. The van der Waals surface area contributed by atoms with Gasteiger partial charge in [0.2, 0.25) is 0 Å². The van der Waals surface area contributed by atoms with Crippen LogP contribution in [0.2, 0.25) is 0 Å². The lowest BCUT2D eigenvalue weighted by Crippen LogP contribution is -2.39. The van der Waals surface area contributed by atoms with E-state index in [0.29, 0.717) is 5.41 Å². The Bertz CT molecular complexity index is 235. The summed E-state index contributed by atoms with van der Waals surface area (Å²) in [5.41, 5.74) is 1.87. The highest BCUT2D eigenvalue weighted by Gasteiger charge is 2.28. The van der Waals surface area contributed by atoms with E-state index in [1.807, 2.05) is 0 Å². The molecular weight excluding hydrogens is 208 g/mol. The third kappa shape index (κ3) is 5.22. The van der Waals surface area contributed by atoms with Crippen LogP contribution in [0, 0.1) is 5.41 Å². The van der Waals surface area contributed by atoms with E-state index in [4.69, 9.17) is 0 Å². The van der Waals surface area contributed by atoms with E-state index in [-0.39, 0.29) is 0 Å². The smallest absolute Gasteiger partial charge is 0.0202 e. The van der Waals surface area contributed by atoms with Gasteiger partial charge in [-0.3, -0.25) is 4.90 Å². The van der Waals surface area contributed by atoms with Gasteiger partial charge >= 0.3 is 0 Å². The van der Waals surface area contributed by atoms with E-state index in [2.05, 4.69) is 44.6 Å². The number of hydrogen-bond donors (Lipinski definition) is 1. The van der Waals surface area contributed by atoms with Crippen molar-refractivity contribution in [1.29, 1.82) is 0 Å². The highest BCUT2D eigenvalue weighted by Crippen LogP contribution is 2.36. The Labute approximate surface area is 107 Å². The fourth-order valence-electron chi connectivity index (χ4n) is 2.66. The quantitative estimate of drug-likeness (QED) is 0.716. The van der Waals surface area contributed by atoms with Gasteiger partial charge in [-0.2, -0.15) is 0 Å². The van der Waals surface area contributed by atoms with Gasteiger partial charge in [-0.1, -0.05) is 27.4 Å². The standard InChI is InChI=1S/C15H30N2/c1-6-16-11-13(2)12-17(5)14-7-9-15(3,4)10-8-14/h14,16H,2,6-12H2,1,3-5H3. The molecule has 100 valence electrons. The van der Waals surface area contributed by atoms with Crippen LogP contribution in [0.1, 0.15) is 46.5 Å². The molecule has 0 aliphatic heterocycles. The molecule has 2 nitrogen and oxygen atoms in total. The van der Waals surface area contributed by atoms with Crippen molar-refractivity contribution in [3.05, 3.63) is 12.2 Å². The number of hydrogen-bond acceptors (Lipinski definition) is 2. The molecule has 0 spiro atoms. The van der Waals surface area contributed by atoms with Crippen LogP contribution >= 0.6 is 0 Å². The molecule has 0 heterocycles. The van der Waals surface area contributed by atoms with Gasteiger partial charge in [0.05, 0.1) is 0 Å². The van der Waals surface area contributed by atoms with Gasteiger partial charge in [-0.15, -0.1) is 0 Å². The molecule has 1 rings (SSSR count). The fourth-order valence-corrected chi connectivity index (χ4v) is 2.66. The van der Waals surface area contributed by atoms with Crippen molar-refractivity contribution in [2.45, 2.75) is 52.5 Å². The summed E-state index contributed by atoms with van der Waals surface area (Å²) in [6.45, 7) is 14.1. The fraction of sp³-hybridized carbons (Fsp3) is 0.867. The summed E-state index contributed by atoms with van der Waals surface area (Å²) in [7, 11) is 2.25. The lowest BCUT2D eigenvalue weighted by Gasteiger charge is -2.38. The van der Waals surface area contributed by atoms with E-state index >= 15 is 0 Å². The first-order valence-electron chi connectivity index (χ1n) is 7.02. The topological polar surface area (TPSA) is 15.3 Å². The van der Waals surface area contributed by atoms with E-state index in [1.54, 1.807) is 0 Å². The van der Waals surface area contributed by atoms with Gasteiger partial charge in [-0.25, -0.2) is 0 Å². The van der Waals surface area contributed by atoms with Crippen LogP contribution < -0.4 is 5.32 Å². The first kappa shape index (κ1) is 14.7. The predicted molar refractivity (Wildman–Crippen MR) is 76.4 cm³/mol. The van der Waals surface area contributed by atoms with Crippen molar-refractivity contribution in [2.24, 2.45) is 5.41 Å². The third-order valence-electron chi connectivity index (χ3n) is 4.03. The van der Waals surface area contributed by atoms with Crippen LogP contribution in [0.25, 0.3) is 0 Å². The molecule has 0 atom stereocenters. The van der Waals surface area contributed by atoms with E-state index in [1.165, 1.54) is 31.3 Å². The average molecular weight is 238 g/mol. The van der Waals surface area contributed by atoms with Crippen LogP contribution in [0.4, 0.5) is 0 Å². The Balaban J connectivity index is 2.29. The van der Waals surface area contributed by atoms with Crippen molar-refractivity contribution in [3.8, 4) is 0 Å². The van der Waals surface area contributed by atoms with Crippen molar-refractivity contribution >= 4 is 0 Å². The zero-order valence-corrected chi connectivity index (χ0v) is 12.2. The largest absolute Gasteiger partial charge is 0.313 e. The summed E-state index contributed by atoms with van der Waals surface area (Å²) < 4.78 is 0. The number of nitrogens with zero attached hydrogens (tertiary/aromatic N) is 1. The second-order valence-electron chi connectivity index (χ2n) is 6.34. The maximum absolute atomic E-state index is 4.15. The average Bonchev–Trinajstić information content (AvgIpc) is 2.26. The monoisotopic (exact) mass is 238 g/mol. The van der Waals surface area contributed by atoms with Crippen LogP contribution in [-0.2, 0) is 0 Å². The molecule has 1 saturated carbocycles. The normalized spacial score (nSPS) is 20.8. The van der Waals surface area contributed by atoms with E-state index in [0.717, 1.165) is 25.7 Å². The summed E-state index contributed by atoms with van der Waals surface area (Å²) in [5.74, 6) is 0. The molecule has 1 aliphatic rings. The van der Waals surface area contributed by atoms with Gasteiger partial charge in [0.15, 0.2) is 0 Å². The van der Waals surface area contributed by atoms with Gasteiger partial charge in [0.1, 0.15) is 0 Å². The molecular formula is C15H30N2. The molecule has 1 aliphatic carbocycles. The summed E-state index contributed by atoms with van der Waals surface area (Å²) in [6.07, 6.45) is 5.42. The molecule has 17 heavy (non-hydrogen) atoms. The molecule has 2 heteroatoms. The highest BCUT2D eigenvalue weighted by atomic mass is 15.1. The zero-order chi connectivity index (χ0) is 12.9. The maximum atomic E-state index is 4.15. The second-order valence-corrected chi connectivity index (χ2v) is 6.34. The Morgan fingerprint density at radius 2 is 1.94 bits per heavy atom. The minimum Gasteiger partial charge on any atom is -0.313 e. The Hall–Kier alpha value is -0.340. The van der Waals surface area contributed by atoms with Crippen LogP contribution in [0.3, 0.4) is 0 Å². The lowest BCUT2D eigenvalue weighted by molar-refractivity contribution is 0.134. The number of rotatable bonds is 6. The minimum atomic E-state index is 0.568. The summed E-state index contributed by atoms with van der Waals surface area (Å²) in [6, 6.07) is 0.765. The minimum absolute atomic E-state index is 0.568. The predicted octanol–water partition coefficient (Wildman–Crippen LogP) is 3.05. The van der Waals surface area contributed by atoms with Crippen molar-refractivity contribution in [2.75, 3.05) is 26.7 Å². The first-order chi connectivity index (χ1) is 7.94. The Morgan fingerprint density at radius 3 is 2.47 bits per heavy atom. The summed E-state index contributed by atoms with van der Waals surface area (Å²) in [5, 5.41) is 3.34. The van der Waals surface area contributed by atoms with Crippen molar-refractivity contribution in [3.63, 3.8) is 0 Å². The van der Waals surface area contributed by atoms with Crippen LogP contribution in [0.5, 0.6) is 0 Å². The van der Waals surface area contributed by atoms with Gasteiger partial charge in [0.25, 0.3) is 0 Å². The van der Waals surface area contributed by atoms with Crippen LogP contribution in [-0.4, -0.2) is 37.6 Å². The maximum Gasteiger partial charge on any atom is 0.0202 e. The van der Waals surface area contributed by atoms with E-state index in [9.17, 15) is 0 Å². The summed E-state index contributed by atoms with van der Waals surface area (Å²) in [4.78, 5) is 2.49. The van der Waals surface area contributed by atoms with Crippen molar-refractivity contribution < 1.29 is 0 Å². The SMILES string of the molecule is C=C(CNCC)CN(C)C1CCC(C)(C)CC1. The Kier molecular flexibility index (Phi) is 5.68. The number of likely N-dealkylation sites (N-methyl/N-ethyl adjacent to an activating group) is 2. The Morgan fingerprint density at radius 1 is 1.35 bits per heavy atom. The van der Waals surface area contributed by atoms with Crippen molar-refractivity contribution in [1.82, 2.24) is 10.2 Å². The lowest BCUT2D eigenvalue weighted by atomic mass is 9.75.